The summed E-state index contributed by atoms with van der Waals surface area (Å²) in [5.74, 6) is 0.198. The van der Waals surface area contributed by atoms with E-state index in [-0.39, 0.29) is 11.9 Å². The molecule has 2 atom stereocenters. The van der Waals surface area contributed by atoms with Gasteiger partial charge in [-0.15, -0.1) is 0 Å². The summed E-state index contributed by atoms with van der Waals surface area (Å²) < 4.78 is 5.29. The predicted octanol–water partition coefficient (Wildman–Crippen LogP) is 1.34. The highest BCUT2D eigenvalue weighted by atomic mass is 16.5. The van der Waals surface area contributed by atoms with Gasteiger partial charge in [0, 0.05) is 5.56 Å². The van der Waals surface area contributed by atoms with E-state index in [9.17, 15) is 10.2 Å². The van der Waals surface area contributed by atoms with Gasteiger partial charge in [-0.05, 0) is 18.6 Å². The minimum absolute atomic E-state index is 0.198. The van der Waals surface area contributed by atoms with Crippen LogP contribution in [0.4, 0.5) is 0 Å². The van der Waals surface area contributed by atoms with Crippen LogP contribution < -0.4 is 0 Å². The normalized spacial score (nSPS) is 26.9. The van der Waals surface area contributed by atoms with Gasteiger partial charge < -0.3 is 14.9 Å². The molecule has 0 fully saturated rings. The van der Waals surface area contributed by atoms with E-state index in [0.717, 1.165) is 5.56 Å². The molecule has 1 heterocycles. The largest absolute Gasteiger partial charge is 0.508 e. The van der Waals surface area contributed by atoms with Crippen LogP contribution in [0.1, 0.15) is 24.2 Å². The summed E-state index contributed by atoms with van der Waals surface area (Å²) >= 11 is 0. The van der Waals surface area contributed by atoms with Crippen molar-refractivity contribution in [1.29, 1.82) is 0 Å². The quantitative estimate of drug-likeness (QED) is 0.633. The molecule has 0 spiro atoms. The van der Waals surface area contributed by atoms with Crippen molar-refractivity contribution in [3.63, 3.8) is 0 Å². The maximum atomic E-state index is 9.72. The number of aromatic hydroxyl groups is 1. The molecule has 0 aromatic heterocycles. The van der Waals surface area contributed by atoms with E-state index in [1.807, 2.05) is 13.0 Å². The predicted molar refractivity (Wildman–Crippen MR) is 47.3 cm³/mol. The number of rotatable bonds is 0. The van der Waals surface area contributed by atoms with E-state index in [1.54, 1.807) is 12.1 Å². The van der Waals surface area contributed by atoms with Crippen LogP contribution in [0.2, 0.25) is 0 Å². The van der Waals surface area contributed by atoms with Gasteiger partial charge in [-0.2, -0.15) is 0 Å². The number of ether oxygens (including phenoxy) is 1. The number of phenolic OH excluding ortho intramolecular Hbond substituents is 1. The monoisotopic (exact) mass is 180 g/mol. The molecule has 0 unspecified atom stereocenters. The van der Waals surface area contributed by atoms with E-state index in [2.05, 4.69) is 0 Å². The molecular weight excluding hydrogens is 168 g/mol. The number of aliphatic hydroxyl groups is 1. The maximum absolute atomic E-state index is 9.72. The summed E-state index contributed by atoms with van der Waals surface area (Å²) in [5.41, 5.74) is 1.48. The number of benzene rings is 1. The van der Waals surface area contributed by atoms with E-state index >= 15 is 0 Å². The van der Waals surface area contributed by atoms with Crippen molar-refractivity contribution < 1.29 is 14.9 Å². The van der Waals surface area contributed by atoms with Crippen molar-refractivity contribution in [1.82, 2.24) is 0 Å². The molecule has 70 valence electrons. The Balaban J connectivity index is 2.49. The number of phenols is 1. The Kier molecular flexibility index (Phi) is 1.98. The van der Waals surface area contributed by atoms with Gasteiger partial charge in [-0.3, -0.25) is 0 Å². The first-order valence-electron chi connectivity index (χ1n) is 4.30. The van der Waals surface area contributed by atoms with E-state index in [4.69, 9.17) is 4.74 Å². The molecular formula is C10H12O3. The first-order chi connectivity index (χ1) is 6.20. The third-order valence-corrected chi connectivity index (χ3v) is 2.44. The van der Waals surface area contributed by atoms with Crippen LogP contribution in [0.3, 0.4) is 0 Å². The van der Waals surface area contributed by atoms with Crippen LogP contribution >= 0.6 is 0 Å². The smallest absolute Gasteiger partial charge is 0.121 e. The van der Waals surface area contributed by atoms with Crippen molar-refractivity contribution >= 4 is 0 Å². The molecule has 0 amide bonds. The Labute approximate surface area is 76.6 Å². The fourth-order valence-electron chi connectivity index (χ4n) is 1.59. The standard InChI is InChI=1S/C10H12O3/c1-6-10(12)7-3-2-4-9(11)8(7)5-13-6/h2-4,6,10-12H,5H2,1H3/t6-,10-/m1/s1. The number of fused-ring (bicyclic) bond motifs is 1. The maximum Gasteiger partial charge on any atom is 0.121 e. The lowest BCUT2D eigenvalue weighted by Crippen LogP contribution is -2.24. The Morgan fingerprint density at radius 2 is 2.23 bits per heavy atom. The van der Waals surface area contributed by atoms with Crippen molar-refractivity contribution in [2.45, 2.75) is 25.7 Å². The second-order valence-corrected chi connectivity index (χ2v) is 3.31. The molecule has 0 bridgehead atoms. The van der Waals surface area contributed by atoms with Gasteiger partial charge in [0.25, 0.3) is 0 Å². The molecule has 13 heavy (non-hydrogen) atoms. The highest BCUT2D eigenvalue weighted by Gasteiger charge is 2.26. The Morgan fingerprint density at radius 3 is 3.00 bits per heavy atom. The lowest BCUT2D eigenvalue weighted by atomic mass is 9.96. The van der Waals surface area contributed by atoms with Gasteiger partial charge in [-0.1, -0.05) is 12.1 Å². The molecule has 0 aliphatic carbocycles. The van der Waals surface area contributed by atoms with Crippen LogP contribution in [0.25, 0.3) is 0 Å². The molecule has 0 saturated heterocycles. The van der Waals surface area contributed by atoms with Gasteiger partial charge in [0.2, 0.25) is 0 Å². The highest BCUT2D eigenvalue weighted by Crippen LogP contribution is 2.33. The zero-order valence-electron chi connectivity index (χ0n) is 7.40. The van der Waals surface area contributed by atoms with Gasteiger partial charge in [-0.25, -0.2) is 0 Å². The molecule has 3 heteroatoms. The van der Waals surface area contributed by atoms with Crippen LogP contribution in [0, 0.1) is 0 Å². The van der Waals surface area contributed by atoms with E-state index in [1.165, 1.54) is 0 Å². The Hall–Kier alpha value is -1.06. The van der Waals surface area contributed by atoms with Gasteiger partial charge in [0.05, 0.1) is 12.7 Å². The third-order valence-electron chi connectivity index (χ3n) is 2.44. The molecule has 2 rings (SSSR count). The van der Waals surface area contributed by atoms with Gasteiger partial charge in [0.1, 0.15) is 11.9 Å². The van der Waals surface area contributed by atoms with Crippen LogP contribution in [0.5, 0.6) is 5.75 Å². The molecule has 0 saturated carbocycles. The zero-order chi connectivity index (χ0) is 9.42. The Bertz CT molecular complexity index is 322. The van der Waals surface area contributed by atoms with Crippen molar-refractivity contribution in [2.24, 2.45) is 0 Å². The summed E-state index contributed by atoms with van der Waals surface area (Å²) in [6, 6.07) is 5.15. The summed E-state index contributed by atoms with van der Waals surface area (Å²) in [7, 11) is 0. The van der Waals surface area contributed by atoms with E-state index < -0.39 is 6.10 Å². The first kappa shape index (κ1) is 8.53. The Morgan fingerprint density at radius 1 is 1.46 bits per heavy atom. The van der Waals surface area contributed by atoms with Gasteiger partial charge >= 0.3 is 0 Å². The first-order valence-corrected chi connectivity index (χ1v) is 4.30. The van der Waals surface area contributed by atoms with E-state index in [0.29, 0.717) is 12.2 Å². The zero-order valence-corrected chi connectivity index (χ0v) is 7.40. The number of hydrogen-bond donors (Lipinski definition) is 2. The van der Waals surface area contributed by atoms with Gasteiger partial charge in [0.15, 0.2) is 0 Å². The highest BCUT2D eigenvalue weighted by molar-refractivity contribution is 5.41. The minimum Gasteiger partial charge on any atom is -0.508 e. The lowest BCUT2D eigenvalue weighted by Gasteiger charge is -2.28. The van der Waals surface area contributed by atoms with Crippen LogP contribution in [0.15, 0.2) is 18.2 Å². The molecule has 3 nitrogen and oxygen atoms in total. The van der Waals surface area contributed by atoms with Crippen LogP contribution in [-0.2, 0) is 11.3 Å². The third kappa shape index (κ3) is 1.30. The van der Waals surface area contributed by atoms with Crippen molar-refractivity contribution in [2.75, 3.05) is 0 Å². The average Bonchev–Trinajstić information content (AvgIpc) is 2.12. The second-order valence-electron chi connectivity index (χ2n) is 3.31. The number of hydrogen-bond acceptors (Lipinski definition) is 3. The van der Waals surface area contributed by atoms with Crippen molar-refractivity contribution in [3.8, 4) is 5.75 Å². The lowest BCUT2D eigenvalue weighted by molar-refractivity contribution is -0.0532. The summed E-state index contributed by atoms with van der Waals surface area (Å²) in [6.45, 7) is 2.19. The topological polar surface area (TPSA) is 49.7 Å². The SMILES string of the molecule is C[C@H]1OCc2c(O)cccc2[C@@H]1O. The molecule has 1 aliphatic heterocycles. The fraction of sp³-hybridized carbons (Fsp3) is 0.400. The molecule has 1 aromatic carbocycles. The minimum atomic E-state index is -0.629. The second kappa shape index (κ2) is 3.01. The van der Waals surface area contributed by atoms with Crippen LogP contribution in [-0.4, -0.2) is 16.3 Å². The summed E-state index contributed by atoms with van der Waals surface area (Å²) in [6.07, 6.45) is -0.829. The number of aliphatic hydroxyl groups excluding tert-OH is 1. The van der Waals surface area contributed by atoms with Crippen molar-refractivity contribution in [3.05, 3.63) is 29.3 Å². The average molecular weight is 180 g/mol. The summed E-state index contributed by atoms with van der Waals surface area (Å²) in [4.78, 5) is 0. The summed E-state index contributed by atoms with van der Waals surface area (Å²) in [5, 5.41) is 19.2. The molecule has 0 radical (unpaired) electrons. The molecule has 2 N–H and O–H groups in total. The fourth-order valence-corrected chi connectivity index (χ4v) is 1.59. The molecule has 1 aliphatic rings. The molecule has 1 aromatic rings.